The van der Waals surface area contributed by atoms with Gasteiger partial charge in [-0.05, 0) is 43.3 Å². The van der Waals surface area contributed by atoms with Gasteiger partial charge in [0.25, 0.3) is 5.91 Å². The molecule has 4 aromatic carbocycles. The van der Waals surface area contributed by atoms with Crippen LogP contribution in [0.2, 0.25) is 0 Å². The summed E-state index contributed by atoms with van der Waals surface area (Å²) in [6.45, 7) is 2.00. The van der Waals surface area contributed by atoms with Gasteiger partial charge in [-0.2, -0.15) is 10.2 Å². The summed E-state index contributed by atoms with van der Waals surface area (Å²) in [4.78, 5) is 38.0. The number of rotatable bonds is 7. The molecule has 0 spiro atoms. The van der Waals surface area contributed by atoms with Gasteiger partial charge in [0.2, 0.25) is 0 Å². The largest absolute Gasteiger partial charge is 0.329 e. The fraction of sp³-hybridized carbons (Fsp3) is 0.0312. The van der Waals surface area contributed by atoms with Crippen LogP contribution >= 0.6 is 0 Å². The number of nitrogens with zero attached hydrogens (tertiary/aromatic N) is 3. The van der Waals surface area contributed by atoms with Crippen molar-refractivity contribution < 1.29 is 14.4 Å². The Hall–Kier alpha value is -5.83. The van der Waals surface area contributed by atoms with E-state index in [2.05, 4.69) is 21.2 Å². The molecule has 5 aromatic rings. The fourth-order valence-electron chi connectivity index (χ4n) is 4.03. The van der Waals surface area contributed by atoms with E-state index in [9.17, 15) is 14.4 Å². The van der Waals surface area contributed by atoms with Crippen LogP contribution in [0, 0.1) is 6.92 Å². The Morgan fingerprint density at radius 2 is 1.41 bits per heavy atom. The molecular formula is C32H26N6O3. The van der Waals surface area contributed by atoms with Crippen LogP contribution in [-0.4, -0.2) is 33.7 Å². The molecule has 202 valence electrons. The predicted octanol–water partition coefficient (Wildman–Crippen LogP) is 5.19. The molecule has 1 heterocycles. The predicted molar refractivity (Wildman–Crippen MR) is 159 cm³/mol. The van der Waals surface area contributed by atoms with Crippen molar-refractivity contribution in [1.82, 2.24) is 15.2 Å². The van der Waals surface area contributed by atoms with Gasteiger partial charge in [-0.1, -0.05) is 78.4 Å². The van der Waals surface area contributed by atoms with E-state index in [0.29, 0.717) is 16.9 Å². The lowest BCUT2D eigenvalue weighted by Gasteiger charge is -2.11. The SMILES string of the molecule is Cc1ccc(-c2nn(-c3ccccc3)cc2/C=N\NC(=O)C(=O)Nc2ccccc2C(=O)Nc2ccccc2)cc1. The summed E-state index contributed by atoms with van der Waals surface area (Å²) >= 11 is 0. The number of hydrogen-bond acceptors (Lipinski definition) is 5. The second kappa shape index (κ2) is 12.4. The van der Waals surface area contributed by atoms with Crippen molar-refractivity contribution in [3.8, 4) is 16.9 Å². The molecule has 0 aliphatic rings. The van der Waals surface area contributed by atoms with Crippen LogP contribution in [0.15, 0.2) is 120 Å². The van der Waals surface area contributed by atoms with E-state index >= 15 is 0 Å². The fourth-order valence-corrected chi connectivity index (χ4v) is 4.03. The van der Waals surface area contributed by atoms with Crippen LogP contribution in [0.1, 0.15) is 21.5 Å². The zero-order valence-corrected chi connectivity index (χ0v) is 22.1. The van der Waals surface area contributed by atoms with Crippen LogP contribution in [0.5, 0.6) is 0 Å². The highest BCUT2D eigenvalue weighted by molar-refractivity contribution is 6.40. The van der Waals surface area contributed by atoms with E-state index in [1.807, 2.05) is 67.6 Å². The number of para-hydroxylation sites is 3. The molecule has 3 N–H and O–H groups in total. The molecule has 0 fully saturated rings. The Balaban J connectivity index is 1.30. The molecule has 0 saturated heterocycles. The maximum Gasteiger partial charge on any atom is 0.329 e. The molecule has 0 unspecified atom stereocenters. The molecule has 9 heteroatoms. The summed E-state index contributed by atoms with van der Waals surface area (Å²) in [6, 6.07) is 32.9. The molecule has 0 saturated carbocycles. The van der Waals surface area contributed by atoms with Crippen LogP contribution in [0.4, 0.5) is 11.4 Å². The van der Waals surface area contributed by atoms with E-state index in [4.69, 9.17) is 5.10 Å². The molecule has 0 aliphatic heterocycles. The normalized spacial score (nSPS) is 10.8. The third-order valence-corrected chi connectivity index (χ3v) is 6.12. The highest BCUT2D eigenvalue weighted by Gasteiger charge is 2.18. The van der Waals surface area contributed by atoms with Gasteiger partial charge in [-0.15, -0.1) is 0 Å². The van der Waals surface area contributed by atoms with Crippen molar-refractivity contribution in [3.63, 3.8) is 0 Å². The average molecular weight is 543 g/mol. The summed E-state index contributed by atoms with van der Waals surface area (Å²) < 4.78 is 1.72. The molecule has 9 nitrogen and oxygen atoms in total. The second-order valence-corrected chi connectivity index (χ2v) is 9.10. The lowest BCUT2D eigenvalue weighted by molar-refractivity contribution is -0.136. The zero-order chi connectivity index (χ0) is 28.6. The van der Waals surface area contributed by atoms with E-state index in [0.717, 1.165) is 16.8 Å². The number of carbonyl (C=O) groups is 3. The summed E-state index contributed by atoms with van der Waals surface area (Å²) in [5, 5.41) is 14.0. The monoisotopic (exact) mass is 542 g/mol. The molecule has 3 amide bonds. The standard InChI is InChI=1S/C32H26N6O3/c1-22-16-18-23(19-17-22)29-24(21-38(37-29)26-12-6-3-7-13-26)20-33-36-32(41)31(40)35-28-15-9-8-14-27(28)30(39)34-25-10-4-2-5-11-25/h2-21H,1H3,(H,34,39)(H,35,40)(H,36,41)/b33-20-. The Labute approximate surface area is 236 Å². The Morgan fingerprint density at radius 1 is 0.756 bits per heavy atom. The van der Waals surface area contributed by atoms with Gasteiger partial charge in [-0.3, -0.25) is 14.4 Å². The average Bonchev–Trinajstić information content (AvgIpc) is 3.43. The van der Waals surface area contributed by atoms with Gasteiger partial charge >= 0.3 is 11.8 Å². The minimum absolute atomic E-state index is 0.191. The topological polar surface area (TPSA) is 117 Å². The number of carbonyl (C=O) groups excluding carboxylic acids is 3. The van der Waals surface area contributed by atoms with E-state index in [-0.39, 0.29) is 11.3 Å². The number of nitrogens with one attached hydrogen (secondary N) is 3. The van der Waals surface area contributed by atoms with Gasteiger partial charge in [0.05, 0.1) is 23.2 Å². The maximum atomic E-state index is 12.8. The highest BCUT2D eigenvalue weighted by atomic mass is 16.2. The van der Waals surface area contributed by atoms with Crippen molar-refractivity contribution in [1.29, 1.82) is 0 Å². The number of hydrazone groups is 1. The quantitative estimate of drug-likeness (QED) is 0.149. The zero-order valence-electron chi connectivity index (χ0n) is 22.1. The van der Waals surface area contributed by atoms with Crippen molar-refractivity contribution in [2.24, 2.45) is 5.10 Å². The molecule has 5 rings (SSSR count). The van der Waals surface area contributed by atoms with Crippen LogP contribution in [-0.2, 0) is 9.59 Å². The lowest BCUT2D eigenvalue weighted by Crippen LogP contribution is -2.33. The Bertz CT molecular complexity index is 1710. The maximum absolute atomic E-state index is 12.8. The lowest BCUT2D eigenvalue weighted by atomic mass is 10.1. The van der Waals surface area contributed by atoms with Gasteiger partial charge in [0, 0.05) is 23.0 Å². The van der Waals surface area contributed by atoms with Crippen molar-refractivity contribution in [2.75, 3.05) is 10.6 Å². The minimum Gasteiger partial charge on any atom is -0.322 e. The summed E-state index contributed by atoms with van der Waals surface area (Å²) in [5.74, 6) is -2.39. The third kappa shape index (κ3) is 6.61. The number of aryl methyl sites for hydroxylation is 1. The minimum atomic E-state index is -0.994. The summed E-state index contributed by atoms with van der Waals surface area (Å²) in [7, 11) is 0. The second-order valence-electron chi connectivity index (χ2n) is 9.10. The molecule has 41 heavy (non-hydrogen) atoms. The Morgan fingerprint density at radius 3 is 2.15 bits per heavy atom. The van der Waals surface area contributed by atoms with Crippen molar-refractivity contribution in [2.45, 2.75) is 6.92 Å². The Kier molecular flexibility index (Phi) is 8.06. The highest BCUT2D eigenvalue weighted by Crippen LogP contribution is 2.23. The third-order valence-electron chi connectivity index (χ3n) is 6.12. The van der Waals surface area contributed by atoms with Crippen LogP contribution in [0.25, 0.3) is 16.9 Å². The van der Waals surface area contributed by atoms with Gasteiger partial charge < -0.3 is 10.6 Å². The van der Waals surface area contributed by atoms with Crippen molar-refractivity contribution >= 4 is 35.3 Å². The first-order chi connectivity index (χ1) is 20.0. The van der Waals surface area contributed by atoms with Gasteiger partial charge in [0.15, 0.2) is 0 Å². The van der Waals surface area contributed by atoms with E-state index in [1.54, 1.807) is 59.4 Å². The molecule has 0 bridgehead atoms. The number of benzene rings is 4. The number of aromatic nitrogens is 2. The summed E-state index contributed by atoms with van der Waals surface area (Å²) in [5.41, 5.74) is 7.41. The molecule has 0 atom stereocenters. The number of anilines is 2. The first kappa shape index (κ1) is 26.8. The molecule has 1 aromatic heterocycles. The van der Waals surface area contributed by atoms with Gasteiger partial charge in [0.1, 0.15) is 5.69 Å². The smallest absolute Gasteiger partial charge is 0.322 e. The number of hydrogen-bond donors (Lipinski definition) is 3. The first-order valence-corrected chi connectivity index (χ1v) is 12.8. The summed E-state index contributed by atoms with van der Waals surface area (Å²) in [6.07, 6.45) is 3.23. The van der Waals surface area contributed by atoms with E-state index < -0.39 is 17.7 Å². The van der Waals surface area contributed by atoms with Gasteiger partial charge in [-0.25, -0.2) is 10.1 Å². The van der Waals surface area contributed by atoms with E-state index in [1.165, 1.54) is 6.21 Å². The molecular weight excluding hydrogens is 516 g/mol. The number of amides is 3. The molecule has 0 radical (unpaired) electrons. The van der Waals surface area contributed by atoms with Crippen molar-refractivity contribution in [3.05, 3.63) is 132 Å². The first-order valence-electron chi connectivity index (χ1n) is 12.8. The van der Waals surface area contributed by atoms with Crippen LogP contribution < -0.4 is 16.1 Å². The van der Waals surface area contributed by atoms with Crippen LogP contribution in [0.3, 0.4) is 0 Å². The molecule has 0 aliphatic carbocycles.